The van der Waals surface area contributed by atoms with Crippen molar-refractivity contribution in [1.82, 2.24) is 0 Å². The highest BCUT2D eigenvalue weighted by Gasteiger charge is 2.30. The molecule has 1 rings (SSSR count). The topological polar surface area (TPSA) is 54.4 Å². The van der Waals surface area contributed by atoms with Gasteiger partial charge in [0.15, 0.2) is 9.84 Å². The first-order valence-electron chi connectivity index (χ1n) is 3.99. The zero-order valence-electron chi connectivity index (χ0n) is 6.49. The molecule has 0 aromatic heterocycles. The van der Waals surface area contributed by atoms with Gasteiger partial charge in [-0.15, -0.1) is 0 Å². The molecule has 0 unspecified atom stereocenters. The lowest BCUT2D eigenvalue weighted by molar-refractivity contribution is 0.295. The highest BCUT2D eigenvalue weighted by molar-refractivity contribution is 7.92. The molecule has 0 atom stereocenters. The Labute approximate surface area is 67.3 Å². The maximum atomic E-state index is 11.3. The Kier molecular flexibility index (Phi) is 2.90. The van der Waals surface area contributed by atoms with Crippen molar-refractivity contribution in [2.75, 3.05) is 12.4 Å². The van der Waals surface area contributed by atoms with E-state index >= 15 is 0 Å². The summed E-state index contributed by atoms with van der Waals surface area (Å²) in [6, 6.07) is 0. The zero-order valence-corrected chi connectivity index (χ0v) is 7.31. The van der Waals surface area contributed by atoms with Gasteiger partial charge in [-0.25, -0.2) is 8.42 Å². The molecular weight excluding hydrogens is 164 g/mol. The monoisotopic (exact) mass is 178 g/mol. The fourth-order valence-electron chi connectivity index (χ4n) is 1.16. The van der Waals surface area contributed by atoms with Crippen LogP contribution in [0.25, 0.3) is 0 Å². The summed E-state index contributed by atoms with van der Waals surface area (Å²) in [5.74, 6) is 0.161. The maximum absolute atomic E-state index is 11.3. The average molecular weight is 178 g/mol. The van der Waals surface area contributed by atoms with Gasteiger partial charge >= 0.3 is 0 Å². The van der Waals surface area contributed by atoms with Gasteiger partial charge in [-0.05, 0) is 19.3 Å². The van der Waals surface area contributed by atoms with Crippen molar-refractivity contribution in [2.45, 2.75) is 30.9 Å². The van der Waals surface area contributed by atoms with Crippen molar-refractivity contribution >= 4 is 9.84 Å². The Bertz CT molecular complexity index is 204. The van der Waals surface area contributed by atoms with Crippen LogP contribution in [-0.4, -0.2) is 31.1 Å². The third-order valence-corrected chi connectivity index (χ3v) is 4.49. The van der Waals surface area contributed by atoms with Gasteiger partial charge in [0, 0.05) is 6.61 Å². The molecule has 3 nitrogen and oxygen atoms in total. The fraction of sp³-hybridized carbons (Fsp3) is 1.00. The van der Waals surface area contributed by atoms with E-state index in [0.29, 0.717) is 6.42 Å². The summed E-state index contributed by atoms with van der Waals surface area (Å²) >= 11 is 0. The van der Waals surface area contributed by atoms with Crippen LogP contribution in [0.5, 0.6) is 0 Å². The molecule has 0 radical (unpaired) electrons. The van der Waals surface area contributed by atoms with Crippen LogP contribution in [0.1, 0.15) is 25.7 Å². The van der Waals surface area contributed by atoms with Gasteiger partial charge in [-0.2, -0.15) is 0 Å². The van der Waals surface area contributed by atoms with Gasteiger partial charge in [0.05, 0.1) is 11.0 Å². The lowest BCUT2D eigenvalue weighted by Crippen LogP contribution is -2.30. The van der Waals surface area contributed by atoms with Gasteiger partial charge < -0.3 is 5.11 Å². The van der Waals surface area contributed by atoms with Crippen LogP contribution in [-0.2, 0) is 9.84 Å². The molecule has 4 heteroatoms. The summed E-state index contributed by atoms with van der Waals surface area (Å²) < 4.78 is 22.5. The highest BCUT2D eigenvalue weighted by atomic mass is 32.2. The standard InChI is InChI=1S/C7H14O3S/c8-5-2-6-11(9,10)7-3-1-4-7/h7-8H,1-6H2. The van der Waals surface area contributed by atoms with Crippen LogP contribution < -0.4 is 0 Å². The van der Waals surface area contributed by atoms with Gasteiger partial charge in [-0.3, -0.25) is 0 Å². The minimum absolute atomic E-state index is 0.0219. The Morgan fingerprint density at radius 2 is 2.00 bits per heavy atom. The molecule has 0 spiro atoms. The van der Waals surface area contributed by atoms with E-state index in [1.165, 1.54) is 0 Å². The minimum Gasteiger partial charge on any atom is -0.396 e. The smallest absolute Gasteiger partial charge is 0.153 e. The van der Waals surface area contributed by atoms with Crippen LogP contribution in [0.3, 0.4) is 0 Å². The normalized spacial score (nSPS) is 19.7. The number of aliphatic hydroxyl groups is 1. The molecule has 0 heterocycles. The predicted octanol–water partition coefficient (Wildman–Crippen LogP) is 0.336. The van der Waals surface area contributed by atoms with E-state index in [2.05, 4.69) is 0 Å². The first kappa shape index (κ1) is 9.00. The largest absolute Gasteiger partial charge is 0.396 e. The highest BCUT2D eigenvalue weighted by Crippen LogP contribution is 2.26. The number of rotatable bonds is 4. The second kappa shape index (κ2) is 3.54. The summed E-state index contributed by atoms with van der Waals surface area (Å²) in [4.78, 5) is 0. The molecule has 0 aromatic rings. The molecule has 11 heavy (non-hydrogen) atoms. The van der Waals surface area contributed by atoms with Crippen molar-refractivity contribution in [3.05, 3.63) is 0 Å². The quantitative estimate of drug-likeness (QED) is 0.675. The van der Waals surface area contributed by atoms with Crippen LogP contribution in [0.15, 0.2) is 0 Å². The Balaban J connectivity index is 2.39. The van der Waals surface area contributed by atoms with Crippen molar-refractivity contribution in [3.8, 4) is 0 Å². The van der Waals surface area contributed by atoms with Crippen LogP contribution in [0.2, 0.25) is 0 Å². The molecule has 0 aliphatic heterocycles. The SMILES string of the molecule is O=S(=O)(CCCO)C1CCC1. The van der Waals surface area contributed by atoms with Gasteiger partial charge in [0.1, 0.15) is 0 Å². The van der Waals surface area contributed by atoms with E-state index in [9.17, 15) is 8.42 Å². The molecule has 66 valence electrons. The number of hydrogen-bond acceptors (Lipinski definition) is 3. The van der Waals surface area contributed by atoms with E-state index in [1.54, 1.807) is 0 Å². The molecule has 0 saturated heterocycles. The maximum Gasteiger partial charge on any atom is 0.153 e. The third kappa shape index (κ3) is 2.17. The van der Waals surface area contributed by atoms with E-state index in [1.807, 2.05) is 0 Å². The molecule has 1 aliphatic carbocycles. The third-order valence-electron chi connectivity index (χ3n) is 2.15. The molecule has 1 fully saturated rings. The van der Waals surface area contributed by atoms with E-state index in [0.717, 1.165) is 19.3 Å². The minimum atomic E-state index is -2.85. The summed E-state index contributed by atoms with van der Waals surface area (Å²) in [5.41, 5.74) is 0. The summed E-state index contributed by atoms with van der Waals surface area (Å²) in [6.07, 6.45) is 3.09. The first-order valence-corrected chi connectivity index (χ1v) is 5.71. The van der Waals surface area contributed by atoms with Crippen molar-refractivity contribution < 1.29 is 13.5 Å². The van der Waals surface area contributed by atoms with Gasteiger partial charge in [0.2, 0.25) is 0 Å². The second-order valence-electron chi connectivity index (χ2n) is 3.00. The van der Waals surface area contributed by atoms with E-state index in [-0.39, 0.29) is 17.6 Å². The van der Waals surface area contributed by atoms with E-state index in [4.69, 9.17) is 5.11 Å². The van der Waals surface area contributed by atoms with Crippen LogP contribution in [0.4, 0.5) is 0 Å². The number of aliphatic hydroxyl groups excluding tert-OH is 1. The summed E-state index contributed by atoms with van der Waals surface area (Å²) in [7, 11) is -2.85. The molecule has 1 saturated carbocycles. The molecular formula is C7H14O3S. The van der Waals surface area contributed by atoms with E-state index < -0.39 is 9.84 Å². The van der Waals surface area contributed by atoms with Crippen LogP contribution in [0, 0.1) is 0 Å². The van der Waals surface area contributed by atoms with Gasteiger partial charge in [-0.1, -0.05) is 6.42 Å². The fourth-order valence-corrected chi connectivity index (χ4v) is 3.08. The number of hydrogen-bond donors (Lipinski definition) is 1. The lowest BCUT2D eigenvalue weighted by atomic mass is 10.0. The first-order chi connectivity index (χ1) is 5.17. The van der Waals surface area contributed by atoms with Gasteiger partial charge in [0.25, 0.3) is 0 Å². The van der Waals surface area contributed by atoms with Crippen molar-refractivity contribution in [1.29, 1.82) is 0 Å². The Morgan fingerprint density at radius 1 is 1.36 bits per heavy atom. The summed E-state index contributed by atoms with van der Waals surface area (Å²) in [6.45, 7) is -0.0219. The molecule has 1 N–H and O–H groups in total. The van der Waals surface area contributed by atoms with Crippen molar-refractivity contribution in [3.63, 3.8) is 0 Å². The Morgan fingerprint density at radius 3 is 2.36 bits per heavy atom. The second-order valence-corrected chi connectivity index (χ2v) is 5.40. The average Bonchev–Trinajstić information content (AvgIpc) is 1.78. The molecule has 0 aromatic carbocycles. The zero-order chi connectivity index (χ0) is 8.32. The molecule has 1 aliphatic rings. The lowest BCUT2D eigenvalue weighted by Gasteiger charge is -2.24. The summed E-state index contributed by atoms with van der Waals surface area (Å²) in [5, 5.41) is 8.35. The Hall–Kier alpha value is -0.0900. The predicted molar refractivity (Wildman–Crippen MR) is 43.1 cm³/mol. The molecule has 0 amide bonds. The number of sulfone groups is 1. The molecule has 0 bridgehead atoms. The van der Waals surface area contributed by atoms with Crippen molar-refractivity contribution in [2.24, 2.45) is 0 Å². The van der Waals surface area contributed by atoms with Crippen LogP contribution >= 0.6 is 0 Å².